The lowest BCUT2D eigenvalue weighted by Crippen LogP contribution is -2.45. The molecule has 1 aliphatic rings. The first-order valence-corrected chi connectivity index (χ1v) is 9.06. The molecule has 1 heterocycles. The zero-order valence-corrected chi connectivity index (χ0v) is 15.5. The highest BCUT2D eigenvalue weighted by molar-refractivity contribution is 5.35. The Hall–Kier alpha value is -1.06. The van der Waals surface area contributed by atoms with E-state index in [-0.39, 0.29) is 0 Å². The summed E-state index contributed by atoms with van der Waals surface area (Å²) in [6.07, 6.45) is 3.00. The first-order valence-electron chi connectivity index (χ1n) is 9.06. The number of ether oxygens (including phenoxy) is 2. The molecule has 2 rings (SSSR count). The van der Waals surface area contributed by atoms with Crippen LogP contribution in [0.15, 0.2) is 18.2 Å². The van der Waals surface area contributed by atoms with Crippen LogP contribution in [0, 0.1) is 6.92 Å². The fourth-order valence-electron chi connectivity index (χ4n) is 3.29. The molecule has 2 atom stereocenters. The van der Waals surface area contributed by atoms with Crippen LogP contribution >= 0.6 is 0 Å². The first kappa shape index (κ1) is 18.3. The van der Waals surface area contributed by atoms with E-state index in [0.29, 0.717) is 18.1 Å². The molecule has 3 nitrogen and oxygen atoms in total. The van der Waals surface area contributed by atoms with Gasteiger partial charge in [-0.15, -0.1) is 0 Å². The summed E-state index contributed by atoms with van der Waals surface area (Å²) in [5.74, 6) is 1.56. The molecule has 1 aliphatic heterocycles. The minimum Gasteiger partial charge on any atom is -0.494 e. The second kappa shape index (κ2) is 8.70. The van der Waals surface area contributed by atoms with Crippen molar-refractivity contribution in [2.24, 2.45) is 0 Å². The number of aryl methyl sites for hydroxylation is 1. The third-order valence-electron chi connectivity index (χ3n) is 4.37. The van der Waals surface area contributed by atoms with Crippen molar-refractivity contribution < 1.29 is 9.47 Å². The van der Waals surface area contributed by atoms with Gasteiger partial charge in [-0.1, -0.05) is 19.9 Å². The Bertz CT molecular complexity index is 477. The number of hydrogen-bond donors (Lipinski definition) is 0. The molecular formula is C20H33NO2. The third kappa shape index (κ3) is 6.15. The summed E-state index contributed by atoms with van der Waals surface area (Å²) in [5.41, 5.74) is 2.64. The van der Waals surface area contributed by atoms with Gasteiger partial charge in [-0.3, -0.25) is 4.90 Å². The summed E-state index contributed by atoms with van der Waals surface area (Å²) in [6.45, 7) is 15.0. The monoisotopic (exact) mass is 319 g/mol. The number of rotatable bonds is 7. The van der Waals surface area contributed by atoms with Crippen molar-refractivity contribution in [3.8, 4) is 5.75 Å². The average Bonchev–Trinajstić information content (AvgIpc) is 2.45. The van der Waals surface area contributed by atoms with Gasteiger partial charge in [0.2, 0.25) is 0 Å². The van der Waals surface area contributed by atoms with E-state index in [1.807, 2.05) is 0 Å². The minimum atomic E-state index is 0.358. The Morgan fingerprint density at radius 2 is 1.83 bits per heavy atom. The van der Waals surface area contributed by atoms with Crippen LogP contribution in [0.5, 0.6) is 5.75 Å². The number of nitrogens with zero attached hydrogens (tertiary/aromatic N) is 1. The van der Waals surface area contributed by atoms with Gasteiger partial charge in [-0.25, -0.2) is 0 Å². The van der Waals surface area contributed by atoms with Gasteiger partial charge in [0, 0.05) is 13.1 Å². The van der Waals surface area contributed by atoms with E-state index < -0.39 is 0 Å². The summed E-state index contributed by atoms with van der Waals surface area (Å²) in [5, 5.41) is 0. The van der Waals surface area contributed by atoms with Crippen LogP contribution in [0.1, 0.15) is 57.6 Å². The van der Waals surface area contributed by atoms with Gasteiger partial charge in [0.25, 0.3) is 0 Å². The zero-order valence-electron chi connectivity index (χ0n) is 15.5. The molecule has 0 saturated carbocycles. The largest absolute Gasteiger partial charge is 0.494 e. The van der Waals surface area contributed by atoms with Crippen molar-refractivity contribution in [1.82, 2.24) is 4.90 Å². The highest BCUT2D eigenvalue weighted by Gasteiger charge is 2.21. The topological polar surface area (TPSA) is 21.7 Å². The smallest absolute Gasteiger partial charge is 0.119 e. The second-order valence-electron chi connectivity index (χ2n) is 7.31. The van der Waals surface area contributed by atoms with Crippen molar-refractivity contribution in [3.63, 3.8) is 0 Å². The quantitative estimate of drug-likeness (QED) is 0.696. The zero-order chi connectivity index (χ0) is 16.8. The van der Waals surface area contributed by atoms with Crippen molar-refractivity contribution >= 4 is 0 Å². The fraction of sp³-hybridized carbons (Fsp3) is 0.700. The summed E-state index contributed by atoms with van der Waals surface area (Å²) < 4.78 is 11.7. The van der Waals surface area contributed by atoms with Crippen LogP contribution in [0.2, 0.25) is 0 Å². The Morgan fingerprint density at radius 3 is 2.48 bits per heavy atom. The predicted octanol–water partition coefficient (Wildman–Crippen LogP) is 4.39. The molecule has 1 aromatic rings. The van der Waals surface area contributed by atoms with Crippen molar-refractivity contribution in [2.75, 3.05) is 26.2 Å². The Labute approximate surface area is 142 Å². The maximum atomic E-state index is 5.97. The van der Waals surface area contributed by atoms with Gasteiger partial charge in [0.15, 0.2) is 0 Å². The summed E-state index contributed by atoms with van der Waals surface area (Å²) in [4.78, 5) is 2.52. The van der Waals surface area contributed by atoms with E-state index in [1.165, 1.54) is 17.5 Å². The molecule has 1 fully saturated rings. The molecule has 0 N–H and O–H groups in total. The van der Waals surface area contributed by atoms with E-state index in [2.05, 4.69) is 57.7 Å². The van der Waals surface area contributed by atoms with E-state index in [0.717, 1.165) is 38.4 Å². The van der Waals surface area contributed by atoms with Crippen molar-refractivity contribution in [1.29, 1.82) is 0 Å². The highest BCUT2D eigenvalue weighted by Crippen LogP contribution is 2.23. The van der Waals surface area contributed by atoms with Gasteiger partial charge < -0.3 is 9.47 Å². The maximum Gasteiger partial charge on any atom is 0.119 e. The molecule has 130 valence electrons. The lowest BCUT2D eigenvalue weighted by Gasteiger charge is -2.35. The minimum absolute atomic E-state index is 0.358. The van der Waals surface area contributed by atoms with Crippen molar-refractivity contribution in [3.05, 3.63) is 29.3 Å². The predicted molar refractivity (Wildman–Crippen MR) is 96.4 cm³/mol. The molecule has 0 amide bonds. The van der Waals surface area contributed by atoms with E-state index in [4.69, 9.17) is 9.47 Å². The first-order chi connectivity index (χ1) is 10.9. The van der Waals surface area contributed by atoms with Gasteiger partial charge >= 0.3 is 0 Å². The molecule has 2 unspecified atom stereocenters. The Kier molecular flexibility index (Phi) is 6.91. The summed E-state index contributed by atoms with van der Waals surface area (Å²) in [7, 11) is 0. The van der Waals surface area contributed by atoms with Crippen LogP contribution in [-0.4, -0.2) is 43.3 Å². The molecule has 3 heteroatoms. The van der Waals surface area contributed by atoms with Crippen LogP contribution in [0.4, 0.5) is 0 Å². The lowest BCUT2D eigenvalue weighted by atomic mass is 10.0. The van der Waals surface area contributed by atoms with Gasteiger partial charge in [-0.05, 0) is 69.3 Å². The third-order valence-corrected chi connectivity index (χ3v) is 4.37. The van der Waals surface area contributed by atoms with E-state index in [9.17, 15) is 0 Å². The van der Waals surface area contributed by atoms with Crippen LogP contribution < -0.4 is 4.74 Å². The number of morpholine rings is 1. The summed E-state index contributed by atoms with van der Waals surface area (Å²) >= 11 is 0. The average molecular weight is 319 g/mol. The standard InChI is InChI=1S/C20H33NO2/c1-15(2)19-10-16(3)11-20(12-19)22-9-7-6-8-21-13-17(4)23-18(5)14-21/h10-12,15,17-18H,6-9,13-14H2,1-5H3. The molecule has 0 bridgehead atoms. The molecule has 0 aromatic heterocycles. The van der Waals surface area contributed by atoms with Gasteiger partial charge in [0.1, 0.15) is 5.75 Å². The molecule has 0 radical (unpaired) electrons. The molecule has 23 heavy (non-hydrogen) atoms. The second-order valence-corrected chi connectivity index (χ2v) is 7.31. The summed E-state index contributed by atoms with van der Waals surface area (Å²) in [6, 6.07) is 6.57. The van der Waals surface area contributed by atoms with Gasteiger partial charge in [0.05, 0.1) is 18.8 Å². The Morgan fingerprint density at radius 1 is 1.13 bits per heavy atom. The number of benzene rings is 1. The van der Waals surface area contributed by atoms with Crippen molar-refractivity contribution in [2.45, 2.75) is 65.6 Å². The fourth-order valence-corrected chi connectivity index (χ4v) is 3.29. The normalized spacial score (nSPS) is 22.5. The molecular weight excluding hydrogens is 286 g/mol. The van der Waals surface area contributed by atoms with Crippen LogP contribution in [-0.2, 0) is 4.74 Å². The van der Waals surface area contributed by atoms with Crippen LogP contribution in [0.3, 0.4) is 0 Å². The molecule has 1 saturated heterocycles. The maximum absolute atomic E-state index is 5.97. The number of hydrogen-bond acceptors (Lipinski definition) is 3. The molecule has 1 aromatic carbocycles. The van der Waals surface area contributed by atoms with E-state index >= 15 is 0 Å². The van der Waals surface area contributed by atoms with E-state index in [1.54, 1.807) is 0 Å². The SMILES string of the molecule is Cc1cc(OCCCCN2CC(C)OC(C)C2)cc(C(C)C)c1. The molecule has 0 spiro atoms. The Balaban J connectivity index is 1.69. The highest BCUT2D eigenvalue weighted by atomic mass is 16.5. The van der Waals surface area contributed by atoms with Crippen LogP contribution in [0.25, 0.3) is 0 Å². The lowest BCUT2D eigenvalue weighted by molar-refractivity contribution is -0.0682. The number of unbranched alkanes of at least 4 members (excludes halogenated alkanes) is 1. The molecule has 0 aliphatic carbocycles. The van der Waals surface area contributed by atoms with Gasteiger partial charge in [-0.2, -0.15) is 0 Å².